The third-order valence-corrected chi connectivity index (χ3v) is 2.29. The zero-order valence-electron chi connectivity index (χ0n) is 8.50. The second-order valence-corrected chi connectivity index (χ2v) is 3.62. The zero-order chi connectivity index (χ0) is 12.8. The summed E-state index contributed by atoms with van der Waals surface area (Å²) in [5, 5.41) is 4.02. The summed E-state index contributed by atoms with van der Waals surface area (Å²) in [5.41, 5.74) is 0.141. The first-order chi connectivity index (χ1) is 8.04. The minimum Gasteiger partial charge on any atom is -0.277 e. The Balaban J connectivity index is 2.64. The molecule has 0 saturated heterocycles. The van der Waals surface area contributed by atoms with Crippen molar-refractivity contribution in [3.05, 3.63) is 34.9 Å². The molecule has 0 aliphatic rings. The van der Waals surface area contributed by atoms with Crippen LogP contribution in [0, 0.1) is 0 Å². The Labute approximate surface area is 107 Å². The molecule has 2 N–H and O–H groups in total. The van der Waals surface area contributed by atoms with Crippen molar-refractivity contribution >= 4 is 41.0 Å². The van der Waals surface area contributed by atoms with Crippen LogP contribution in [0.4, 0.5) is 4.79 Å². The molecule has 1 rings (SSSR count). The molecule has 0 bridgehead atoms. The third-order valence-electron chi connectivity index (χ3n) is 1.72. The van der Waals surface area contributed by atoms with Crippen molar-refractivity contribution in [2.75, 3.05) is 5.88 Å². The highest BCUT2D eigenvalue weighted by Crippen LogP contribution is 2.14. The minimum absolute atomic E-state index is 0.141. The van der Waals surface area contributed by atoms with Crippen LogP contribution in [0.1, 0.15) is 10.4 Å². The van der Waals surface area contributed by atoms with Gasteiger partial charge >= 0.3 is 6.03 Å². The molecule has 4 amide bonds. The first-order valence-electron chi connectivity index (χ1n) is 4.50. The molecule has 0 aliphatic carbocycles. The van der Waals surface area contributed by atoms with Gasteiger partial charge in [0.05, 0.1) is 10.6 Å². The van der Waals surface area contributed by atoms with Gasteiger partial charge in [0.2, 0.25) is 5.91 Å². The van der Waals surface area contributed by atoms with Crippen LogP contribution in [0.5, 0.6) is 0 Å². The first kappa shape index (κ1) is 13.5. The van der Waals surface area contributed by atoms with Crippen molar-refractivity contribution < 1.29 is 14.4 Å². The van der Waals surface area contributed by atoms with Crippen LogP contribution in [0.25, 0.3) is 0 Å². The second kappa shape index (κ2) is 6.22. The topological polar surface area (TPSA) is 75.3 Å². The van der Waals surface area contributed by atoms with E-state index in [9.17, 15) is 14.4 Å². The second-order valence-electron chi connectivity index (χ2n) is 2.94. The van der Waals surface area contributed by atoms with Gasteiger partial charge in [-0.25, -0.2) is 4.79 Å². The Bertz CT molecular complexity index is 463. The van der Waals surface area contributed by atoms with E-state index in [1.165, 1.54) is 12.1 Å². The number of carbonyl (C=O) groups is 3. The highest BCUT2D eigenvalue weighted by Gasteiger charge is 2.14. The number of urea groups is 1. The molecule has 1 aromatic carbocycles. The normalized spacial score (nSPS) is 9.53. The molecule has 7 heteroatoms. The molecule has 0 aliphatic heterocycles. The van der Waals surface area contributed by atoms with E-state index in [-0.39, 0.29) is 16.5 Å². The molecule has 0 spiro atoms. The first-order valence-corrected chi connectivity index (χ1v) is 5.41. The van der Waals surface area contributed by atoms with E-state index in [0.717, 1.165) is 0 Å². The summed E-state index contributed by atoms with van der Waals surface area (Å²) in [6, 6.07) is 5.27. The maximum absolute atomic E-state index is 11.5. The summed E-state index contributed by atoms with van der Waals surface area (Å²) in [7, 11) is 0. The Hall–Kier alpha value is -1.59. The number of hydrogen-bond acceptors (Lipinski definition) is 3. The Kier molecular flexibility index (Phi) is 4.93. The van der Waals surface area contributed by atoms with Gasteiger partial charge in [-0.15, -0.1) is 11.6 Å². The van der Waals surface area contributed by atoms with Gasteiger partial charge in [0.15, 0.2) is 0 Å². The number of halogens is 2. The highest BCUT2D eigenvalue weighted by atomic mass is 35.5. The van der Waals surface area contributed by atoms with Gasteiger partial charge in [0.1, 0.15) is 5.88 Å². The number of nitrogens with one attached hydrogen (secondary N) is 2. The van der Waals surface area contributed by atoms with E-state index < -0.39 is 17.8 Å². The molecule has 0 saturated carbocycles. The van der Waals surface area contributed by atoms with Gasteiger partial charge in [0, 0.05) is 0 Å². The molecular weight excluding hydrogens is 267 g/mol. The molecule has 0 fully saturated rings. The van der Waals surface area contributed by atoms with E-state index in [2.05, 4.69) is 0 Å². The van der Waals surface area contributed by atoms with E-state index >= 15 is 0 Å². The SMILES string of the molecule is O=C(CCl)NC(=O)NC(=O)c1ccccc1Cl. The number of rotatable bonds is 2. The van der Waals surface area contributed by atoms with E-state index in [4.69, 9.17) is 23.2 Å². The highest BCUT2D eigenvalue weighted by molar-refractivity contribution is 6.34. The van der Waals surface area contributed by atoms with Gasteiger partial charge in [-0.05, 0) is 12.1 Å². The predicted octanol–water partition coefficient (Wildman–Crippen LogP) is 1.54. The lowest BCUT2D eigenvalue weighted by atomic mass is 10.2. The van der Waals surface area contributed by atoms with Gasteiger partial charge in [-0.3, -0.25) is 20.2 Å². The quantitative estimate of drug-likeness (QED) is 0.804. The van der Waals surface area contributed by atoms with E-state index in [1.54, 1.807) is 12.1 Å². The van der Waals surface area contributed by atoms with Crippen molar-refractivity contribution in [3.8, 4) is 0 Å². The number of benzene rings is 1. The molecule has 0 atom stereocenters. The lowest BCUT2D eigenvalue weighted by Crippen LogP contribution is -2.43. The van der Waals surface area contributed by atoms with Gasteiger partial charge < -0.3 is 0 Å². The Morgan fingerprint density at radius 2 is 1.76 bits per heavy atom. The average Bonchev–Trinajstić information content (AvgIpc) is 2.29. The van der Waals surface area contributed by atoms with Crippen LogP contribution < -0.4 is 10.6 Å². The molecule has 17 heavy (non-hydrogen) atoms. The number of amides is 4. The summed E-state index contributed by atoms with van der Waals surface area (Å²) >= 11 is 10.9. The molecular formula is C10H8Cl2N2O3. The van der Waals surface area contributed by atoms with Gasteiger partial charge in [-0.2, -0.15) is 0 Å². The number of alkyl halides is 1. The van der Waals surface area contributed by atoms with Gasteiger partial charge in [-0.1, -0.05) is 23.7 Å². The van der Waals surface area contributed by atoms with Crippen molar-refractivity contribution in [2.45, 2.75) is 0 Å². The fourth-order valence-corrected chi connectivity index (χ4v) is 1.30. The number of hydrogen-bond donors (Lipinski definition) is 2. The minimum atomic E-state index is -0.944. The zero-order valence-corrected chi connectivity index (χ0v) is 10.0. The van der Waals surface area contributed by atoms with Crippen molar-refractivity contribution in [1.82, 2.24) is 10.6 Å². The molecule has 0 aromatic heterocycles. The van der Waals surface area contributed by atoms with Gasteiger partial charge in [0.25, 0.3) is 5.91 Å². The van der Waals surface area contributed by atoms with E-state index in [1.807, 2.05) is 10.6 Å². The molecule has 0 unspecified atom stereocenters. The molecule has 1 aromatic rings. The summed E-state index contributed by atoms with van der Waals surface area (Å²) in [4.78, 5) is 33.5. The Morgan fingerprint density at radius 1 is 1.12 bits per heavy atom. The molecule has 90 valence electrons. The van der Waals surface area contributed by atoms with Crippen molar-refractivity contribution in [3.63, 3.8) is 0 Å². The fraction of sp³-hybridized carbons (Fsp3) is 0.100. The summed E-state index contributed by atoms with van der Waals surface area (Å²) in [5.74, 6) is -1.76. The van der Waals surface area contributed by atoms with Crippen LogP contribution in [-0.4, -0.2) is 23.7 Å². The number of imide groups is 2. The molecule has 5 nitrogen and oxygen atoms in total. The smallest absolute Gasteiger partial charge is 0.277 e. The lowest BCUT2D eigenvalue weighted by Gasteiger charge is -2.05. The summed E-state index contributed by atoms with van der Waals surface area (Å²) in [6.07, 6.45) is 0. The van der Waals surface area contributed by atoms with Crippen LogP contribution in [0.15, 0.2) is 24.3 Å². The molecule has 0 heterocycles. The number of carbonyl (C=O) groups excluding carboxylic acids is 3. The van der Waals surface area contributed by atoms with Crippen LogP contribution in [0.3, 0.4) is 0 Å². The maximum Gasteiger partial charge on any atom is 0.328 e. The largest absolute Gasteiger partial charge is 0.328 e. The van der Waals surface area contributed by atoms with E-state index in [0.29, 0.717) is 0 Å². The third kappa shape index (κ3) is 4.05. The maximum atomic E-state index is 11.5. The van der Waals surface area contributed by atoms with Crippen molar-refractivity contribution in [1.29, 1.82) is 0 Å². The lowest BCUT2D eigenvalue weighted by molar-refractivity contribution is -0.117. The van der Waals surface area contributed by atoms with Crippen LogP contribution in [0.2, 0.25) is 5.02 Å². The monoisotopic (exact) mass is 274 g/mol. The Morgan fingerprint density at radius 3 is 2.35 bits per heavy atom. The van der Waals surface area contributed by atoms with Crippen molar-refractivity contribution in [2.24, 2.45) is 0 Å². The molecule has 0 radical (unpaired) electrons. The predicted molar refractivity (Wildman–Crippen MR) is 63.2 cm³/mol. The van der Waals surface area contributed by atoms with Crippen LogP contribution in [-0.2, 0) is 4.79 Å². The fourth-order valence-electron chi connectivity index (χ4n) is 1.01. The van der Waals surface area contributed by atoms with Crippen LogP contribution >= 0.6 is 23.2 Å². The summed E-state index contributed by atoms with van der Waals surface area (Å²) in [6.45, 7) is 0. The summed E-state index contributed by atoms with van der Waals surface area (Å²) < 4.78 is 0. The average molecular weight is 275 g/mol. The standard InChI is InChI=1S/C10H8Cl2N2O3/c11-5-8(15)13-10(17)14-9(16)6-3-1-2-4-7(6)12/h1-4H,5H2,(H2,13,14,15,16,17).